The topological polar surface area (TPSA) is 52.6 Å². The number of hydrogen-bond acceptors (Lipinski definition) is 4. The number of carbonyl (C=O) groups excluding carboxylic acids is 2. The van der Waals surface area contributed by atoms with Crippen LogP contribution >= 0.6 is 0 Å². The molecule has 0 aliphatic heterocycles. The van der Waals surface area contributed by atoms with E-state index >= 15 is 0 Å². The molecule has 0 bridgehead atoms. The number of carbonyl (C=O) groups is 2. The third-order valence-electron chi connectivity index (χ3n) is 4.42. The predicted molar refractivity (Wildman–Crippen MR) is 110 cm³/mol. The van der Waals surface area contributed by atoms with Gasteiger partial charge in [-0.05, 0) is 19.8 Å². The van der Waals surface area contributed by atoms with Crippen LogP contribution in [0.2, 0.25) is 0 Å². The van der Waals surface area contributed by atoms with Gasteiger partial charge in [-0.1, -0.05) is 83.5 Å². The van der Waals surface area contributed by atoms with Gasteiger partial charge in [0, 0.05) is 6.42 Å². The Balaban J connectivity index is 3.53. The monoisotopic (exact) mass is 380 g/mol. The molecule has 0 heterocycles. The first kappa shape index (κ1) is 25.5. The zero-order chi connectivity index (χ0) is 20.2. The number of ether oxygens (including phenoxy) is 2. The van der Waals surface area contributed by atoms with Gasteiger partial charge in [0.2, 0.25) is 0 Å². The first-order valence-electron chi connectivity index (χ1n) is 10.9. The first-order chi connectivity index (χ1) is 13.1. The summed E-state index contributed by atoms with van der Waals surface area (Å²) >= 11 is 0. The van der Waals surface area contributed by atoms with Crippen LogP contribution in [0.1, 0.15) is 111 Å². The molecule has 4 nitrogen and oxygen atoms in total. The van der Waals surface area contributed by atoms with Crippen LogP contribution in [-0.2, 0) is 19.1 Å². The van der Waals surface area contributed by atoms with Crippen molar-refractivity contribution >= 4 is 11.9 Å². The van der Waals surface area contributed by atoms with Crippen LogP contribution in [0.15, 0.2) is 0 Å². The van der Waals surface area contributed by atoms with Gasteiger partial charge in [-0.25, -0.2) is 0 Å². The van der Waals surface area contributed by atoms with Crippen LogP contribution in [0.5, 0.6) is 0 Å². The Morgan fingerprint density at radius 3 is 2.04 bits per heavy atom. The summed E-state index contributed by atoms with van der Waals surface area (Å²) < 4.78 is 10.3. The molecule has 0 aromatic carbocycles. The summed E-state index contributed by atoms with van der Waals surface area (Å²) in [6.45, 7) is 6.33. The average molecular weight is 381 g/mol. The minimum atomic E-state index is -0.394. The smallest absolute Gasteiger partial charge is 0.307 e. The second-order valence-corrected chi connectivity index (χ2v) is 7.18. The van der Waals surface area contributed by atoms with Crippen LogP contribution in [0.3, 0.4) is 0 Å². The standard InChI is InChI=1S/C23H40O4/c1-4-6-8-9-10-11-12-13-14-15-16-20-26-22(24)18-19-23(25)27-21(3)17-7-5-2/h21H,4-14,17-20H2,1-3H3. The SMILES string of the molecule is CCCCCCCCCCC#CCOC(=O)CCC(=O)OC(C)CCCC. The minimum Gasteiger partial charge on any atom is -0.463 e. The lowest BCUT2D eigenvalue weighted by Crippen LogP contribution is -2.16. The Kier molecular flexibility index (Phi) is 18.2. The molecule has 4 heteroatoms. The van der Waals surface area contributed by atoms with Crippen molar-refractivity contribution < 1.29 is 19.1 Å². The van der Waals surface area contributed by atoms with Crippen molar-refractivity contribution in [3.8, 4) is 11.8 Å². The van der Waals surface area contributed by atoms with Crippen molar-refractivity contribution in [2.75, 3.05) is 6.61 Å². The summed E-state index contributed by atoms with van der Waals surface area (Å²) in [6.07, 6.45) is 14.2. The van der Waals surface area contributed by atoms with Crippen molar-refractivity contribution in [3.63, 3.8) is 0 Å². The Labute approximate surface area is 166 Å². The Bertz CT molecular complexity index is 433. The number of rotatable bonds is 16. The van der Waals surface area contributed by atoms with E-state index in [1.807, 2.05) is 6.92 Å². The second kappa shape index (κ2) is 19.3. The van der Waals surface area contributed by atoms with E-state index in [2.05, 4.69) is 25.7 Å². The highest BCUT2D eigenvalue weighted by Crippen LogP contribution is 2.09. The Hall–Kier alpha value is -1.50. The molecule has 0 radical (unpaired) electrons. The van der Waals surface area contributed by atoms with Gasteiger partial charge in [-0.3, -0.25) is 9.59 Å². The summed E-state index contributed by atoms with van der Waals surface area (Å²) in [5.74, 6) is 5.18. The highest BCUT2D eigenvalue weighted by atomic mass is 16.5. The predicted octanol–water partition coefficient (Wildman–Crippen LogP) is 5.97. The quantitative estimate of drug-likeness (QED) is 0.188. The number of esters is 2. The fourth-order valence-corrected chi connectivity index (χ4v) is 2.71. The maximum absolute atomic E-state index is 11.6. The van der Waals surface area contributed by atoms with E-state index in [0.717, 1.165) is 32.1 Å². The fourth-order valence-electron chi connectivity index (χ4n) is 2.71. The van der Waals surface area contributed by atoms with Crippen molar-refractivity contribution in [1.82, 2.24) is 0 Å². The summed E-state index contributed by atoms with van der Waals surface area (Å²) in [5.41, 5.74) is 0. The van der Waals surface area contributed by atoms with E-state index < -0.39 is 5.97 Å². The molecule has 0 amide bonds. The summed E-state index contributed by atoms with van der Waals surface area (Å²) in [4.78, 5) is 23.2. The molecule has 1 atom stereocenters. The summed E-state index contributed by atoms with van der Waals surface area (Å²) in [5, 5.41) is 0. The molecule has 0 rings (SSSR count). The molecular formula is C23H40O4. The molecule has 156 valence electrons. The van der Waals surface area contributed by atoms with Crippen LogP contribution in [-0.4, -0.2) is 24.6 Å². The molecule has 0 aliphatic carbocycles. The van der Waals surface area contributed by atoms with Crippen molar-refractivity contribution in [2.24, 2.45) is 0 Å². The minimum absolute atomic E-state index is 0.0546. The Morgan fingerprint density at radius 1 is 0.778 bits per heavy atom. The van der Waals surface area contributed by atoms with E-state index in [-0.39, 0.29) is 31.5 Å². The van der Waals surface area contributed by atoms with Gasteiger partial charge in [-0.2, -0.15) is 0 Å². The third-order valence-corrected chi connectivity index (χ3v) is 4.42. The average Bonchev–Trinajstić information content (AvgIpc) is 2.65. The summed E-state index contributed by atoms with van der Waals surface area (Å²) in [6, 6.07) is 0. The van der Waals surface area contributed by atoms with Gasteiger partial charge in [-0.15, -0.1) is 0 Å². The first-order valence-corrected chi connectivity index (χ1v) is 10.9. The normalized spacial score (nSPS) is 11.4. The molecule has 0 spiro atoms. The van der Waals surface area contributed by atoms with Gasteiger partial charge >= 0.3 is 11.9 Å². The molecular weight excluding hydrogens is 340 g/mol. The zero-order valence-corrected chi connectivity index (χ0v) is 17.8. The molecule has 0 aromatic heterocycles. The van der Waals surface area contributed by atoms with Crippen LogP contribution in [0, 0.1) is 11.8 Å². The van der Waals surface area contributed by atoms with Crippen LogP contribution < -0.4 is 0 Å². The van der Waals surface area contributed by atoms with Crippen molar-refractivity contribution in [1.29, 1.82) is 0 Å². The van der Waals surface area contributed by atoms with Crippen LogP contribution in [0.25, 0.3) is 0 Å². The van der Waals surface area contributed by atoms with E-state index in [9.17, 15) is 9.59 Å². The fraction of sp³-hybridized carbons (Fsp3) is 0.826. The largest absolute Gasteiger partial charge is 0.463 e. The van der Waals surface area contributed by atoms with Crippen molar-refractivity contribution in [3.05, 3.63) is 0 Å². The molecule has 1 unspecified atom stereocenters. The maximum Gasteiger partial charge on any atom is 0.307 e. The van der Waals surface area contributed by atoms with Crippen molar-refractivity contribution in [2.45, 2.75) is 117 Å². The molecule has 0 saturated heterocycles. The third kappa shape index (κ3) is 19.1. The molecule has 0 saturated carbocycles. The summed E-state index contributed by atoms with van der Waals surface area (Å²) in [7, 11) is 0. The molecule has 0 aliphatic rings. The van der Waals surface area contributed by atoms with E-state index in [0.29, 0.717) is 0 Å². The van der Waals surface area contributed by atoms with E-state index in [1.54, 1.807) is 0 Å². The van der Waals surface area contributed by atoms with E-state index in [4.69, 9.17) is 9.47 Å². The number of hydrogen-bond donors (Lipinski definition) is 0. The molecule has 0 fully saturated rings. The molecule has 0 aromatic rings. The lowest BCUT2D eigenvalue weighted by Gasteiger charge is -2.12. The van der Waals surface area contributed by atoms with Gasteiger partial charge in [0.15, 0.2) is 6.61 Å². The number of unbranched alkanes of at least 4 members (excludes halogenated alkanes) is 9. The highest BCUT2D eigenvalue weighted by Gasteiger charge is 2.12. The van der Waals surface area contributed by atoms with Crippen LogP contribution in [0.4, 0.5) is 0 Å². The van der Waals surface area contributed by atoms with E-state index in [1.165, 1.54) is 44.9 Å². The van der Waals surface area contributed by atoms with Gasteiger partial charge in [0.25, 0.3) is 0 Å². The van der Waals surface area contributed by atoms with Gasteiger partial charge in [0.1, 0.15) is 0 Å². The van der Waals surface area contributed by atoms with Gasteiger partial charge < -0.3 is 9.47 Å². The zero-order valence-electron chi connectivity index (χ0n) is 17.8. The van der Waals surface area contributed by atoms with Gasteiger partial charge in [0.05, 0.1) is 18.9 Å². The Morgan fingerprint density at radius 2 is 1.37 bits per heavy atom. The highest BCUT2D eigenvalue weighted by molar-refractivity contribution is 5.77. The second-order valence-electron chi connectivity index (χ2n) is 7.18. The maximum atomic E-state index is 11.6. The molecule has 0 N–H and O–H groups in total. The lowest BCUT2D eigenvalue weighted by molar-refractivity contribution is -0.152. The molecule has 27 heavy (non-hydrogen) atoms. The lowest BCUT2D eigenvalue weighted by atomic mass is 10.1.